The molecule has 0 bridgehead atoms. The molecule has 1 unspecified atom stereocenters. The third-order valence-corrected chi connectivity index (χ3v) is 4.82. The number of hydrogen-bond donors (Lipinski definition) is 2. The molecule has 0 saturated carbocycles. The van der Waals surface area contributed by atoms with Crippen molar-refractivity contribution in [1.29, 1.82) is 0 Å². The minimum atomic E-state index is -0.160. The fourth-order valence-electron chi connectivity index (χ4n) is 2.20. The van der Waals surface area contributed by atoms with Crippen LogP contribution < -0.4 is 11.1 Å². The summed E-state index contributed by atoms with van der Waals surface area (Å²) in [6.45, 7) is 4.68. The fraction of sp³-hybridized carbons (Fsp3) is 0.316. The zero-order chi connectivity index (χ0) is 16.7. The summed E-state index contributed by atoms with van der Waals surface area (Å²) in [6.07, 6.45) is 0.499. The lowest BCUT2D eigenvalue weighted by Gasteiger charge is -2.13. The normalized spacial score (nSPS) is 11.5. The Labute approximate surface area is 154 Å². The average Bonchev–Trinajstić information content (AvgIpc) is 2.56. The largest absolute Gasteiger partial charge is 0.354 e. The van der Waals surface area contributed by atoms with Gasteiger partial charge in [-0.3, -0.25) is 4.79 Å². The van der Waals surface area contributed by atoms with Crippen molar-refractivity contribution in [3.8, 4) is 0 Å². The second-order valence-electron chi connectivity index (χ2n) is 5.67. The van der Waals surface area contributed by atoms with E-state index >= 15 is 0 Å². The Morgan fingerprint density at radius 3 is 2.50 bits per heavy atom. The summed E-state index contributed by atoms with van der Waals surface area (Å²) in [7, 11) is 0. The van der Waals surface area contributed by atoms with E-state index in [1.807, 2.05) is 30.3 Å². The van der Waals surface area contributed by atoms with Gasteiger partial charge in [-0.15, -0.1) is 24.2 Å². The van der Waals surface area contributed by atoms with Gasteiger partial charge in [0.05, 0.1) is 0 Å². The molecule has 1 amide bonds. The van der Waals surface area contributed by atoms with E-state index in [1.165, 1.54) is 16.0 Å². The van der Waals surface area contributed by atoms with Gasteiger partial charge in [0.15, 0.2) is 0 Å². The SMILES string of the molecule is Cc1ccc(SCCC(=O)NCC(N)c2ccccc2)cc1C.Cl. The van der Waals surface area contributed by atoms with Gasteiger partial charge in [0, 0.05) is 29.7 Å². The van der Waals surface area contributed by atoms with Crippen LogP contribution in [0.4, 0.5) is 0 Å². The molecule has 0 heterocycles. The average molecular weight is 365 g/mol. The lowest BCUT2D eigenvalue weighted by molar-refractivity contribution is -0.120. The molecule has 3 N–H and O–H groups in total. The lowest BCUT2D eigenvalue weighted by atomic mass is 10.1. The van der Waals surface area contributed by atoms with E-state index in [1.54, 1.807) is 11.8 Å². The molecule has 5 heteroatoms. The van der Waals surface area contributed by atoms with E-state index < -0.39 is 0 Å². The molecule has 2 rings (SSSR count). The first-order valence-electron chi connectivity index (χ1n) is 7.83. The molecule has 1 atom stereocenters. The van der Waals surface area contributed by atoms with Crippen molar-refractivity contribution >= 4 is 30.1 Å². The molecule has 3 nitrogen and oxygen atoms in total. The molecule has 0 aliphatic rings. The second kappa shape index (κ2) is 10.4. The topological polar surface area (TPSA) is 55.1 Å². The lowest BCUT2D eigenvalue weighted by Crippen LogP contribution is -2.32. The summed E-state index contributed by atoms with van der Waals surface area (Å²) in [5.74, 6) is 0.822. The minimum absolute atomic E-state index is 0. The number of carbonyl (C=O) groups is 1. The number of benzene rings is 2. The summed E-state index contributed by atoms with van der Waals surface area (Å²) in [4.78, 5) is 13.1. The number of aryl methyl sites for hydroxylation is 2. The van der Waals surface area contributed by atoms with Gasteiger partial charge in [0.25, 0.3) is 0 Å². The number of carbonyl (C=O) groups excluding carboxylic acids is 1. The molecule has 0 aliphatic heterocycles. The maximum Gasteiger partial charge on any atom is 0.220 e. The molecule has 2 aromatic carbocycles. The molecular weight excluding hydrogens is 340 g/mol. The van der Waals surface area contributed by atoms with Gasteiger partial charge < -0.3 is 11.1 Å². The summed E-state index contributed by atoms with van der Waals surface area (Å²) in [5.41, 5.74) is 9.69. The first kappa shape index (κ1) is 20.6. The summed E-state index contributed by atoms with van der Waals surface area (Å²) in [5, 5.41) is 2.91. The Bertz CT molecular complexity index is 649. The van der Waals surface area contributed by atoms with Crippen LogP contribution in [0, 0.1) is 13.8 Å². The minimum Gasteiger partial charge on any atom is -0.354 e. The zero-order valence-corrected chi connectivity index (χ0v) is 15.8. The highest BCUT2D eigenvalue weighted by atomic mass is 35.5. The van der Waals surface area contributed by atoms with Crippen molar-refractivity contribution in [2.24, 2.45) is 5.73 Å². The Morgan fingerprint density at radius 2 is 1.83 bits per heavy atom. The maximum absolute atomic E-state index is 11.9. The second-order valence-corrected chi connectivity index (χ2v) is 6.83. The summed E-state index contributed by atoms with van der Waals surface area (Å²) < 4.78 is 0. The highest BCUT2D eigenvalue weighted by molar-refractivity contribution is 7.99. The maximum atomic E-state index is 11.9. The number of hydrogen-bond acceptors (Lipinski definition) is 3. The van der Waals surface area contributed by atoms with Crippen LogP contribution in [0.5, 0.6) is 0 Å². The standard InChI is InChI=1S/C19H24N2OS.ClH/c1-14-8-9-17(12-15(14)2)23-11-10-19(22)21-13-18(20)16-6-4-3-5-7-16;/h3-9,12,18H,10-11,13,20H2,1-2H3,(H,21,22);1H. The molecule has 2 aromatic rings. The van der Waals surface area contributed by atoms with Crippen LogP contribution in [-0.2, 0) is 4.79 Å². The molecule has 0 spiro atoms. The predicted molar refractivity (Wildman–Crippen MR) is 105 cm³/mol. The van der Waals surface area contributed by atoms with Crippen molar-refractivity contribution in [1.82, 2.24) is 5.32 Å². The number of thioether (sulfide) groups is 1. The number of rotatable bonds is 7. The number of halogens is 1. The Morgan fingerprint density at radius 1 is 1.12 bits per heavy atom. The zero-order valence-electron chi connectivity index (χ0n) is 14.1. The third-order valence-electron chi connectivity index (χ3n) is 3.82. The van der Waals surface area contributed by atoms with Gasteiger partial charge in [0.2, 0.25) is 5.91 Å². The molecule has 0 fully saturated rings. The molecule has 0 aromatic heterocycles. The quantitative estimate of drug-likeness (QED) is 0.729. The van der Waals surface area contributed by atoms with E-state index in [2.05, 4.69) is 37.4 Å². The van der Waals surface area contributed by atoms with Gasteiger partial charge >= 0.3 is 0 Å². The molecule has 24 heavy (non-hydrogen) atoms. The highest BCUT2D eigenvalue weighted by Gasteiger charge is 2.08. The molecule has 0 radical (unpaired) electrons. The summed E-state index contributed by atoms with van der Waals surface area (Å²) in [6, 6.07) is 16.1. The predicted octanol–water partition coefficient (Wildman–Crippen LogP) is 4.02. The molecule has 0 saturated heterocycles. The van der Waals surface area contributed by atoms with Gasteiger partial charge in [-0.25, -0.2) is 0 Å². The smallest absolute Gasteiger partial charge is 0.220 e. The highest BCUT2D eigenvalue weighted by Crippen LogP contribution is 2.21. The van der Waals surface area contributed by atoms with Crippen LogP contribution >= 0.6 is 24.2 Å². The van der Waals surface area contributed by atoms with Gasteiger partial charge in [-0.2, -0.15) is 0 Å². The van der Waals surface area contributed by atoms with Crippen LogP contribution in [0.2, 0.25) is 0 Å². The van der Waals surface area contributed by atoms with Crippen molar-refractivity contribution in [3.63, 3.8) is 0 Å². The van der Waals surface area contributed by atoms with E-state index in [9.17, 15) is 4.79 Å². The number of nitrogens with one attached hydrogen (secondary N) is 1. The summed E-state index contributed by atoms with van der Waals surface area (Å²) >= 11 is 1.71. The Balaban J connectivity index is 0.00000288. The monoisotopic (exact) mass is 364 g/mol. The van der Waals surface area contributed by atoms with Crippen LogP contribution in [0.15, 0.2) is 53.4 Å². The van der Waals surface area contributed by atoms with Crippen LogP contribution in [0.1, 0.15) is 29.2 Å². The van der Waals surface area contributed by atoms with E-state index in [4.69, 9.17) is 5.73 Å². The van der Waals surface area contributed by atoms with Crippen molar-refractivity contribution in [2.45, 2.75) is 31.2 Å². The van der Waals surface area contributed by atoms with Crippen molar-refractivity contribution < 1.29 is 4.79 Å². The molecule has 130 valence electrons. The first-order valence-corrected chi connectivity index (χ1v) is 8.82. The third kappa shape index (κ3) is 6.56. The van der Waals surface area contributed by atoms with E-state index in [0.717, 1.165) is 11.3 Å². The van der Waals surface area contributed by atoms with E-state index in [-0.39, 0.29) is 24.4 Å². The van der Waals surface area contributed by atoms with Crippen molar-refractivity contribution in [3.05, 3.63) is 65.2 Å². The fourth-order valence-corrected chi connectivity index (χ4v) is 3.14. The Kier molecular flexibility index (Phi) is 8.90. The first-order chi connectivity index (χ1) is 11.1. The van der Waals surface area contributed by atoms with Crippen molar-refractivity contribution in [2.75, 3.05) is 12.3 Å². The van der Waals surface area contributed by atoms with Gasteiger partial charge in [0.1, 0.15) is 0 Å². The molecular formula is C19H25ClN2OS. The van der Waals surface area contributed by atoms with Crippen LogP contribution in [0.25, 0.3) is 0 Å². The number of nitrogens with two attached hydrogens (primary N) is 1. The Hall–Kier alpha value is -1.49. The van der Waals surface area contributed by atoms with E-state index in [0.29, 0.717) is 13.0 Å². The van der Waals surface area contributed by atoms with Gasteiger partial charge in [-0.05, 0) is 42.7 Å². The van der Waals surface area contributed by atoms with Crippen LogP contribution in [0.3, 0.4) is 0 Å². The van der Waals surface area contributed by atoms with Crippen LogP contribution in [-0.4, -0.2) is 18.2 Å². The molecule has 0 aliphatic carbocycles. The number of amides is 1. The van der Waals surface area contributed by atoms with Gasteiger partial charge in [-0.1, -0.05) is 36.4 Å².